The molecule has 0 bridgehead atoms. The lowest BCUT2D eigenvalue weighted by Crippen LogP contribution is -2.32. The Morgan fingerprint density at radius 1 is 1.28 bits per heavy atom. The van der Waals surface area contributed by atoms with E-state index in [1.807, 2.05) is 24.3 Å². The molecule has 1 atom stereocenters. The molecule has 4 nitrogen and oxygen atoms in total. The van der Waals surface area contributed by atoms with Crippen molar-refractivity contribution in [2.24, 2.45) is 0 Å². The number of ketones is 1. The number of benzene rings is 1. The molecule has 18 heavy (non-hydrogen) atoms. The zero-order valence-corrected chi connectivity index (χ0v) is 10.3. The molecule has 1 aromatic carbocycles. The molecular formula is C13H10N2O2S. The fraction of sp³-hybridized carbons (Fsp3) is 0.154. The Morgan fingerprint density at radius 3 is 2.89 bits per heavy atom. The van der Waals surface area contributed by atoms with Gasteiger partial charge in [0.15, 0.2) is 6.10 Å². The van der Waals surface area contributed by atoms with Crippen LogP contribution in [0.2, 0.25) is 0 Å². The highest BCUT2D eigenvalue weighted by atomic mass is 32.2. The molecule has 0 saturated heterocycles. The van der Waals surface area contributed by atoms with Crippen molar-refractivity contribution in [1.29, 1.82) is 0 Å². The third kappa shape index (κ3) is 2.09. The molecule has 0 amide bonds. The van der Waals surface area contributed by atoms with Gasteiger partial charge in [0.1, 0.15) is 12.1 Å². The van der Waals surface area contributed by atoms with Crippen LogP contribution in [-0.2, 0) is 0 Å². The summed E-state index contributed by atoms with van der Waals surface area (Å²) in [7, 11) is 0. The van der Waals surface area contributed by atoms with Crippen LogP contribution in [0.25, 0.3) is 0 Å². The van der Waals surface area contributed by atoms with E-state index in [9.17, 15) is 4.79 Å². The molecule has 5 heteroatoms. The van der Waals surface area contributed by atoms with E-state index in [0.717, 1.165) is 10.6 Å². The first kappa shape index (κ1) is 11.2. The zero-order chi connectivity index (χ0) is 12.4. The average molecular weight is 258 g/mol. The average Bonchev–Trinajstić information content (AvgIpc) is 2.47. The van der Waals surface area contributed by atoms with E-state index in [2.05, 4.69) is 9.97 Å². The summed E-state index contributed by atoms with van der Waals surface area (Å²) in [4.78, 5) is 21.0. The van der Waals surface area contributed by atoms with Crippen molar-refractivity contribution >= 4 is 17.5 Å². The van der Waals surface area contributed by atoms with Crippen molar-refractivity contribution in [2.45, 2.75) is 11.0 Å². The number of nitrogens with zero attached hydrogens (tertiary/aromatic N) is 2. The first-order chi connectivity index (χ1) is 8.84. The molecule has 0 spiro atoms. The minimum Gasteiger partial charge on any atom is -0.480 e. The Kier molecular flexibility index (Phi) is 2.98. The normalized spacial score (nSPS) is 17.7. The van der Waals surface area contributed by atoms with Gasteiger partial charge < -0.3 is 4.74 Å². The molecule has 2 heterocycles. The van der Waals surface area contributed by atoms with E-state index in [4.69, 9.17) is 4.74 Å². The van der Waals surface area contributed by atoms with E-state index >= 15 is 0 Å². The number of carbonyl (C=O) groups is 1. The van der Waals surface area contributed by atoms with Crippen LogP contribution in [0.15, 0.2) is 47.9 Å². The lowest BCUT2D eigenvalue weighted by molar-refractivity contribution is 0.0814. The maximum atomic E-state index is 12.2. The van der Waals surface area contributed by atoms with Crippen molar-refractivity contribution < 1.29 is 9.53 Å². The third-order valence-electron chi connectivity index (χ3n) is 2.65. The number of para-hydroxylation sites is 1. The monoisotopic (exact) mass is 258 g/mol. The molecule has 90 valence electrons. The standard InChI is InChI=1S/C13H10N2O2S/c16-13(9-5-14-8-15-6-9)11-7-18-12-4-2-1-3-10(12)17-11/h1-6,8,11H,7H2. The number of aromatic nitrogens is 2. The number of Topliss-reactive ketones (excluding diaryl/α,β-unsaturated/α-hetero) is 1. The molecule has 2 aromatic rings. The Labute approximate surface area is 108 Å². The molecule has 3 rings (SSSR count). The van der Waals surface area contributed by atoms with E-state index < -0.39 is 6.10 Å². The molecule has 1 aromatic heterocycles. The summed E-state index contributed by atoms with van der Waals surface area (Å²) < 4.78 is 5.72. The summed E-state index contributed by atoms with van der Waals surface area (Å²) in [6.07, 6.45) is 3.98. The second-order valence-corrected chi connectivity index (χ2v) is 4.92. The van der Waals surface area contributed by atoms with Crippen LogP contribution in [0.3, 0.4) is 0 Å². The maximum Gasteiger partial charge on any atom is 0.207 e. The van der Waals surface area contributed by atoms with Gasteiger partial charge in [0.05, 0.1) is 5.56 Å². The quantitative estimate of drug-likeness (QED) is 0.773. The lowest BCUT2D eigenvalue weighted by Gasteiger charge is -2.24. The van der Waals surface area contributed by atoms with Crippen LogP contribution < -0.4 is 4.74 Å². The molecule has 0 radical (unpaired) electrons. The van der Waals surface area contributed by atoms with Gasteiger partial charge in [-0.05, 0) is 12.1 Å². The van der Waals surface area contributed by atoms with E-state index in [0.29, 0.717) is 11.3 Å². The fourth-order valence-electron chi connectivity index (χ4n) is 1.76. The van der Waals surface area contributed by atoms with Crippen LogP contribution in [0.5, 0.6) is 5.75 Å². The summed E-state index contributed by atoms with van der Waals surface area (Å²) in [5.74, 6) is 1.31. The maximum absolute atomic E-state index is 12.2. The van der Waals surface area contributed by atoms with Gasteiger partial charge in [-0.2, -0.15) is 0 Å². The van der Waals surface area contributed by atoms with Crippen LogP contribution in [0.1, 0.15) is 10.4 Å². The minimum atomic E-state index is -0.462. The fourth-order valence-corrected chi connectivity index (χ4v) is 2.74. The SMILES string of the molecule is O=C(c1cncnc1)C1CSc2ccccc2O1. The van der Waals surface area contributed by atoms with E-state index in [1.54, 1.807) is 11.8 Å². The lowest BCUT2D eigenvalue weighted by atomic mass is 10.1. The summed E-state index contributed by atoms with van der Waals surface area (Å²) in [6.45, 7) is 0. The molecule has 0 saturated carbocycles. The Bertz CT molecular complexity index is 574. The van der Waals surface area contributed by atoms with Gasteiger partial charge >= 0.3 is 0 Å². The summed E-state index contributed by atoms with van der Waals surface area (Å²) in [6, 6.07) is 7.73. The number of rotatable bonds is 2. The first-order valence-corrected chi connectivity index (χ1v) is 6.51. The van der Waals surface area contributed by atoms with Crippen molar-refractivity contribution in [2.75, 3.05) is 5.75 Å². The van der Waals surface area contributed by atoms with Crippen LogP contribution in [0, 0.1) is 0 Å². The van der Waals surface area contributed by atoms with Gasteiger partial charge in [-0.15, -0.1) is 11.8 Å². The van der Waals surface area contributed by atoms with Gasteiger partial charge in [0, 0.05) is 23.0 Å². The Morgan fingerprint density at radius 2 is 2.06 bits per heavy atom. The van der Waals surface area contributed by atoms with E-state index in [-0.39, 0.29) is 5.78 Å². The minimum absolute atomic E-state index is 0.0717. The molecule has 0 aliphatic carbocycles. The van der Waals surface area contributed by atoms with Crippen LogP contribution in [0.4, 0.5) is 0 Å². The van der Waals surface area contributed by atoms with Gasteiger partial charge in [-0.25, -0.2) is 9.97 Å². The Hall–Kier alpha value is -1.88. The largest absolute Gasteiger partial charge is 0.480 e. The first-order valence-electron chi connectivity index (χ1n) is 5.52. The number of carbonyl (C=O) groups excluding carboxylic acids is 1. The highest BCUT2D eigenvalue weighted by Crippen LogP contribution is 2.35. The van der Waals surface area contributed by atoms with Crippen molar-refractivity contribution in [3.05, 3.63) is 48.5 Å². The number of thioether (sulfide) groups is 1. The summed E-state index contributed by atoms with van der Waals surface area (Å²) >= 11 is 1.63. The molecule has 0 fully saturated rings. The molecule has 1 unspecified atom stereocenters. The van der Waals surface area contributed by atoms with Crippen molar-refractivity contribution in [3.8, 4) is 5.75 Å². The number of ether oxygens (including phenoxy) is 1. The predicted octanol–water partition coefficient (Wildman–Crippen LogP) is 2.21. The number of hydrogen-bond donors (Lipinski definition) is 0. The molecule has 0 N–H and O–H groups in total. The summed E-state index contributed by atoms with van der Waals surface area (Å²) in [5, 5.41) is 0. The molecule has 1 aliphatic heterocycles. The highest BCUT2D eigenvalue weighted by Gasteiger charge is 2.27. The van der Waals surface area contributed by atoms with Crippen LogP contribution >= 0.6 is 11.8 Å². The Balaban J connectivity index is 1.82. The number of fused-ring (bicyclic) bond motifs is 1. The summed E-state index contributed by atoms with van der Waals surface area (Å²) in [5.41, 5.74) is 0.488. The van der Waals surface area contributed by atoms with Gasteiger partial charge in [-0.3, -0.25) is 4.79 Å². The zero-order valence-electron chi connectivity index (χ0n) is 9.45. The number of hydrogen-bond acceptors (Lipinski definition) is 5. The van der Waals surface area contributed by atoms with Crippen LogP contribution in [-0.4, -0.2) is 27.6 Å². The van der Waals surface area contributed by atoms with E-state index in [1.165, 1.54) is 18.7 Å². The van der Waals surface area contributed by atoms with Crippen molar-refractivity contribution in [1.82, 2.24) is 9.97 Å². The topological polar surface area (TPSA) is 52.1 Å². The smallest absolute Gasteiger partial charge is 0.207 e. The van der Waals surface area contributed by atoms with Gasteiger partial charge in [0.2, 0.25) is 5.78 Å². The van der Waals surface area contributed by atoms with Gasteiger partial charge in [-0.1, -0.05) is 12.1 Å². The molecular weight excluding hydrogens is 248 g/mol. The third-order valence-corrected chi connectivity index (χ3v) is 3.76. The molecule has 1 aliphatic rings. The second kappa shape index (κ2) is 4.78. The predicted molar refractivity (Wildman–Crippen MR) is 67.9 cm³/mol. The van der Waals surface area contributed by atoms with Crippen molar-refractivity contribution in [3.63, 3.8) is 0 Å². The highest BCUT2D eigenvalue weighted by molar-refractivity contribution is 7.99. The second-order valence-electron chi connectivity index (χ2n) is 3.86. The van der Waals surface area contributed by atoms with Gasteiger partial charge in [0.25, 0.3) is 0 Å².